The Morgan fingerprint density at radius 1 is 0.953 bits per heavy atom. The van der Waals surface area contributed by atoms with Gasteiger partial charge in [-0.15, -0.1) is 10.2 Å². The van der Waals surface area contributed by atoms with E-state index in [1.165, 1.54) is 0 Å². The van der Waals surface area contributed by atoms with E-state index in [1.807, 2.05) is 41.1 Å². The van der Waals surface area contributed by atoms with Crippen molar-refractivity contribution < 1.29 is 9.53 Å². The molecule has 2 heterocycles. The summed E-state index contributed by atoms with van der Waals surface area (Å²) in [5.41, 5.74) is 6.12. The summed E-state index contributed by atoms with van der Waals surface area (Å²) >= 11 is 12.8. The number of nitrogens with one attached hydrogen (secondary N) is 2. The number of ether oxygens (including phenoxy) is 1. The number of benzene rings is 4. The quantitative estimate of drug-likeness (QED) is 0.191. The molecule has 1 atom stereocenters. The van der Waals surface area contributed by atoms with Crippen molar-refractivity contribution in [2.24, 2.45) is 0 Å². The number of aromatic amines is 1. The van der Waals surface area contributed by atoms with Crippen molar-refractivity contribution >= 4 is 39.9 Å². The fourth-order valence-electron chi connectivity index (χ4n) is 5.18. The van der Waals surface area contributed by atoms with Crippen LogP contribution in [0.15, 0.2) is 78.9 Å². The van der Waals surface area contributed by atoms with Crippen LogP contribution in [0.5, 0.6) is 5.75 Å². The summed E-state index contributed by atoms with van der Waals surface area (Å²) in [6.45, 7) is 4.32. The monoisotopic (exact) mass is 611 g/mol. The van der Waals surface area contributed by atoms with Crippen LogP contribution in [0.3, 0.4) is 0 Å². The number of hydrogen-bond acceptors (Lipinski definition) is 6. The minimum absolute atomic E-state index is 0.167. The Kier molecular flexibility index (Phi) is 7.84. The number of hydrogen-bond donors (Lipinski definition) is 2. The lowest BCUT2D eigenvalue weighted by molar-refractivity contribution is 0.0950. The Morgan fingerprint density at radius 2 is 1.67 bits per heavy atom. The number of fused-ring (bicyclic) bond motifs is 1. The molecule has 0 fully saturated rings. The highest BCUT2D eigenvalue weighted by Crippen LogP contribution is 2.38. The van der Waals surface area contributed by atoms with Crippen LogP contribution in [0.25, 0.3) is 33.3 Å². The topological polar surface area (TPSA) is 111 Å². The number of carbonyl (C=O) groups excluding carboxylic acids is 1. The van der Waals surface area contributed by atoms with E-state index in [9.17, 15) is 4.79 Å². The SMILES string of the molecule is COc1ccc2cc(-c3c(C)c(-c4cc(Cl)cc(Cl)c4)nn3C(C)c3ccc(C(=O)NCc4nn[nH]n4)cc3)ccc2c1. The third kappa shape index (κ3) is 5.82. The number of amides is 1. The van der Waals surface area contributed by atoms with E-state index in [-0.39, 0.29) is 18.5 Å². The summed E-state index contributed by atoms with van der Waals surface area (Å²) in [5.74, 6) is 0.986. The zero-order valence-corrected chi connectivity index (χ0v) is 25.1. The van der Waals surface area contributed by atoms with E-state index in [2.05, 4.69) is 64.1 Å². The smallest absolute Gasteiger partial charge is 0.251 e. The fraction of sp³-hybridized carbons (Fsp3) is 0.156. The van der Waals surface area contributed by atoms with E-state index >= 15 is 0 Å². The van der Waals surface area contributed by atoms with Crippen molar-refractivity contribution in [3.8, 4) is 28.3 Å². The average molecular weight is 613 g/mol. The maximum atomic E-state index is 12.7. The van der Waals surface area contributed by atoms with E-state index < -0.39 is 0 Å². The van der Waals surface area contributed by atoms with E-state index in [0.29, 0.717) is 21.4 Å². The van der Waals surface area contributed by atoms with Gasteiger partial charge in [-0.25, -0.2) is 0 Å². The second kappa shape index (κ2) is 11.9. The second-order valence-electron chi connectivity index (χ2n) is 10.2. The first-order valence-electron chi connectivity index (χ1n) is 13.5. The Hall–Kier alpha value is -4.73. The van der Waals surface area contributed by atoms with Gasteiger partial charge in [0.2, 0.25) is 0 Å². The molecule has 1 unspecified atom stereocenters. The van der Waals surface area contributed by atoms with Gasteiger partial charge in [-0.1, -0.05) is 58.7 Å². The number of halogens is 2. The van der Waals surface area contributed by atoms with Gasteiger partial charge in [0.05, 0.1) is 31.1 Å². The number of H-pyrrole nitrogens is 1. The lowest BCUT2D eigenvalue weighted by atomic mass is 9.99. The Morgan fingerprint density at radius 3 is 2.37 bits per heavy atom. The Bertz CT molecular complexity index is 1920. The van der Waals surface area contributed by atoms with Gasteiger partial charge < -0.3 is 10.1 Å². The molecular formula is C32H27Cl2N7O2. The minimum Gasteiger partial charge on any atom is -0.497 e. The fourth-order valence-corrected chi connectivity index (χ4v) is 5.71. The first kappa shape index (κ1) is 28.4. The summed E-state index contributed by atoms with van der Waals surface area (Å²) in [6, 6.07) is 25.1. The lowest BCUT2D eigenvalue weighted by Crippen LogP contribution is -2.23. The molecule has 1 amide bonds. The first-order chi connectivity index (χ1) is 20.8. The molecule has 6 rings (SSSR count). The zero-order valence-electron chi connectivity index (χ0n) is 23.6. The van der Waals surface area contributed by atoms with Crippen LogP contribution in [0, 0.1) is 6.92 Å². The molecule has 11 heteroatoms. The van der Waals surface area contributed by atoms with Crippen molar-refractivity contribution in [3.05, 3.63) is 111 Å². The second-order valence-corrected chi connectivity index (χ2v) is 11.0. The minimum atomic E-state index is -0.229. The molecule has 2 aromatic heterocycles. The highest BCUT2D eigenvalue weighted by atomic mass is 35.5. The van der Waals surface area contributed by atoms with Crippen molar-refractivity contribution in [3.63, 3.8) is 0 Å². The van der Waals surface area contributed by atoms with Gasteiger partial charge in [0.25, 0.3) is 5.91 Å². The molecule has 0 saturated carbocycles. The number of methoxy groups -OCH3 is 1. The molecular weight excluding hydrogens is 585 g/mol. The average Bonchev–Trinajstić information content (AvgIpc) is 3.66. The standard InChI is InChI=1S/C32H27Cl2N7O2/c1-18-30(25-13-26(33)16-27(34)14-25)38-41(31(18)24-9-8-23-15-28(43-3)11-10-22(23)12-24)19(2)20-4-6-21(7-5-20)32(42)35-17-29-36-39-40-37-29/h4-16,19H,17H2,1-3H3,(H,35,42)(H,36,37,39,40). The van der Waals surface area contributed by atoms with Crippen LogP contribution in [-0.2, 0) is 6.54 Å². The molecule has 0 bridgehead atoms. The largest absolute Gasteiger partial charge is 0.497 e. The predicted molar refractivity (Wildman–Crippen MR) is 168 cm³/mol. The third-order valence-electron chi connectivity index (χ3n) is 7.42. The summed E-state index contributed by atoms with van der Waals surface area (Å²) in [4.78, 5) is 12.7. The maximum absolute atomic E-state index is 12.7. The molecule has 216 valence electrons. The van der Waals surface area contributed by atoms with Crippen molar-refractivity contribution in [2.45, 2.75) is 26.4 Å². The van der Waals surface area contributed by atoms with Crippen LogP contribution in [-0.4, -0.2) is 43.4 Å². The van der Waals surface area contributed by atoms with Gasteiger partial charge in [0.1, 0.15) is 5.75 Å². The number of rotatable bonds is 8. The highest BCUT2D eigenvalue weighted by molar-refractivity contribution is 6.35. The molecule has 2 N–H and O–H groups in total. The summed E-state index contributed by atoms with van der Waals surface area (Å²) in [6.07, 6.45) is 0. The van der Waals surface area contributed by atoms with Gasteiger partial charge in [0, 0.05) is 32.3 Å². The summed E-state index contributed by atoms with van der Waals surface area (Å²) in [7, 11) is 1.66. The molecule has 9 nitrogen and oxygen atoms in total. The van der Waals surface area contributed by atoms with Gasteiger partial charge in [0.15, 0.2) is 5.82 Å². The van der Waals surface area contributed by atoms with E-state index in [4.69, 9.17) is 33.0 Å². The normalized spacial score (nSPS) is 11.9. The molecule has 0 aliphatic carbocycles. The van der Waals surface area contributed by atoms with E-state index in [1.54, 1.807) is 25.3 Å². The van der Waals surface area contributed by atoms with Gasteiger partial charge in [-0.3, -0.25) is 9.48 Å². The molecule has 43 heavy (non-hydrogen) atoms. The molecule has 0 aliphatic rings. The Balaban J connectivity index is 1.39. The summed E-state index contributed by atoms with van der Waals surface area (Å²) < 4.78 is 7.43. The number of carbonyl (C=O) groups is 1. The van der Waals surface area contributed by atoms with Crippen LogP contribution in [0.4, 0.5) is 0 Å². The molecule has 0 saturated heterocycles. The van der Waals surface area contributed by atoms with Gasteiger partial charge >= 0.3 is 0 Å². The first-order valence-corrected chi connectivity index (χ1v) is 14.3. The molecule has 0 radical (unpaired) electrons. The maximum Gasteiger partial charge on any atom is 0.251 e. The number of aromatic nitrogens is 6. The van der Waals surface area contributed by atoms with Crippen LogP contribution < -0.4 is 10.1 Å². The van der Waals surface area contributed by atoms with Crippen molar-refractivity contribution in [2.75, 3.05) is 7.11 Å². The van der Waals surface area contributed by atoms with Gasteiger partial charge in [-0.05, 0) is 78.7 Å². The zero-order chi connectivity index (χ0) is 30.1. The molecule has 0 aliphatic heterocycles. The number of nitrogens with zero attached hydrogens (tertiary/aromatic N) is 5. The summed E-state index contributed by atoms with van der Waals surface area (Å²) in [5, 5.41) is 24.8. The Labute approximate surface area is 257 Å². The number of tetrazole rings is 1. The van der Waals surface area contributed by atoms with Crippen molar-refractivity contribution in [1.82, 2.24) is 35.7 Å². The van der Waals surface area contributed by atoms with Crippen LogP contribution in [0.2, 0.25) is 10.0 Å². The third-order valence-corrected chi connectivity index (χ3v) is 7.86. The predicted octanol–water partition coefficient (Wildman–Crippen LogP) is 7.05. The highest BCUT2D eigenvalue weighted by Gasteiger charge is 2.23. The van der Waals surface area contributed by atoms with Gasteiger partial charge in [-0.2, -0.15) is 10.3 Å². The molecule has 6 aromatic rings. The van der Waals surface area contributed by atoms with Crippen molar-refractivity contribution in [1.29, 1.82) is 0 Å². The molecule has 4 aromatic carbocycles. The van der Waals surface area contributed by atoms with Crippen LogP contribution in [0.1, 0.15) is 40.3 Å². The van der Waals surface area contributed by atoms with E-state index in [0.717, 1.165) is 50.2 Å². The van der Waals surface area contributed by atoms with Crippen LogP contribution >= 0.6 is 23.2 Å². The lowest BCUT2D eigenvalue weighted by Gasteiger charge is -2.18. The molecule has 0 spiro atoms.